The number of halogens is 4. The topological polar surface area (TPSA) is 29.5 Å². The largest absolute Gasteiger partial charge is 0.483 e. The Morgan fingerprint density at radius 1 is 1.30 bits per heavy atom. The highest BCUT2D eigenvalue weighted by atomic mass is 79.9. The summed E-state index contributed by atoms with van der Waals surface area (Å²) in [5.74, 6) is -0.264. The van der Waals surface area contributed by atoms with Crippen molar-refractivity contribution in [3.05, 3.63) is 28.2 Å². The molecule has 0 unspecified atom stereocenters. The van der Waals surface area contributed by atoms with Gasteiger partial charge in [0.15, 0.2) is 6.61 Å². The van der Waals surface area contributed by atoms with E-state index in [4.69, 9.17) is 4.74 Å². The predicted octanol–water partition coefficient (Wildman–Crippen LogP) is 3.72. The van der Waals surface area contributed by atoms with Crippen molar-refractivity contribution < 1.29 is 22.7 Å². The van der Waals surface area contributed by atoms with E-state index in [2.05, 4.69) is 15.9 Å². The van der Waals surface area contributed by atoms with E-state index in [-0.39, 0.29) is 18.3 Å². The lowest BCUT2D eigenvalue weighted by molar-refractivity contribution is -0.137. The second kappa shape index (κ2) is 6.97. The number of nitrogens with zero attached hydrogens (tertiary/aromatic N) is 1. The molecule has 0 aliphatic rings. The second-order valence-corrected chi connectivity index (χ2v) is 4.85. The van der Waals surface area contributed by atoms with E-state index in [9.17, 15) is 18.0 Å². The molecule has 0 aliphatic carbocycles. The number of rotatable bonds is 5. The van der Waals surface area contributed by atoms with Crippen LogP contribution in [0.5, 0.6) is 5.75 Å². The molecule has 3 nitrogen and oxygen atoms in total. The molecule has 0 heterocycles. The van der Waals surface area contributed by atoms with Gasteiger partial charge in [-0.05, 0) is 48.0 Å². The van der Waals surface area contributed by atoms with E-state index in [1.54, 1.807) is 4.90 Å². The van der Waals surface area contributed by atoms with Gasteiger partial charge in [0, 0.05) is 13.1 Å². The molecule has 1 rings (SSSR count). The van der Waals surface area contributed by atoms with Crippen molar-refractivity contribution in [2.45, 2.75) is 20.0 Å². The third-order valence-corrected chi connectivity index (χ3v) is 3.38. The highest BCUT2D eigenvalue weighted by molar-refractivity contribution is 9.10. The Kier molecular flexibility index (Phi) is 5.86. The molecule has 0 fully saturated rings. The van der Waals surface area contributed by atoms with Gasteiger partial charge in [0.05, 0.1) is 10.0 Å². The molecular weight excluding hydrogens is 339 g/mol. The van der Waals surface area contributed by atoms with Crippen molar-refractivity contribution in [1.29, 1.82) is 0 Å². The Morgan fingerprint density at radius 3 is 2.40 bits per heavy atom. The van der Waals surface area contributed by atoms with Crippen molar-refractivity contribution >= 4 is 21.8 Å². The van der Waals surface area contributed by atoms with Crippen LogP contribution < -0.4 is 4.74 Å². The average Bonchev–Trinajstić information content (AvgIpc) is 2.37. The number of alkyl halides is 3. The summed E-state index contributed by atoms with van der Waals surface area (Å²) in [5.41, 5.74) is -0.814. The van der Waals surface area contributed by atoms with Crippen LogP contribution in [-0.2, 0) is 11.0 Å². The highest BCUT2D eigenvalue weighted by Gasteiger charge is 2.31. The Morgan fingerprint density at radius 2 is 1.90 bits per heavy atom. The lowest BCUT2D eigenvalue weighted by Gasteiger charge is -2.19. The number of benzene rings is 1. The third kappa shape index (κ3) is 4.40. The first kappa shape index (κ1) is 16.8. The van der Waals surface area contributed by atoms with Crippen LogP contribution in [0.1, 0.15) is 19.4 Å². The predicted molar refractivity (Wildman–Crippen MR) is 72.6 cm³/mol. The van der Waals surface area contributed by atoms with Crippen LogP contribution in [0.2, 0.25) is 0 Å². The Balaban J connectivity index is 2.80. The standard InChI is InChI=1S/C13H15BrF3NO2/c1-3-18(4-2)12(19)8-20-11-7-9(13(15,16)17)5-6-10(11)14/h5-7H,3-4,8H2,1-2H3. The summed E-state index contributed by atoms with van der Waals surface area (Å²) in [5, 5.41) is 0. The summed E-state index contributed by atoms with van der Waals surface area (Å²) in [4.78, 5) is 13.3. The first-order valence-electron chi connectivity index (χ1n) is 6.06. The Bertz CT molecular complexity index is 473. The highest BCUT2D eigenvalue weighted by Crippen LogP contribution is 2.35. The van der Waals surface area contributed by atoms with Gasteiger partial charge in [-0.2, -0.15) is 13.2 Å². The van der Waals surface area contributed by atoms with Gasteiger partial charge in [-0.25, -0.2) is 0 Å². The fourth-order valence-corrected chi connectivity index (χ4v) is 1.96. The maximum atomic E-state index is 12.6. The molecule has 1 aromatic carbocycles. The fraction of sp³-hybridized carbons (Fsp3) is 0.462. The van der Waals surface area contributed by atoms with Crippen molar-refractivity contribution in [3.63, 3.8) is 0 Å². The minimum absolute atomic E-state index is 0.000307. The van der Waals surface area contributed by atoms with Crippen LogP contribution in [0.15, 0.2) is 22.7 Å². The van der Waals surface area contributed by atoms with Gasteiger partial charge in [0.2, 0.25) is 0 Å². The van der Waals surface area contributed by atoms with Crippen LogP contribution in [-0.4, -0.2) is 30.5 Å². The molecule has 7 heteroatoms. The van der Waals surface area contributed by atoms with Crippen molar-refractivity contribution in [2.24, 2.45) is 0 Å². The number of hydrogen-bond acceptors (Lipinski definition) is 2. The molecule has 0 atom stereocenters. The third-order valence-electron chi connectivity index (χ3n) is 2.73. The summed E-state index contributed by atoms with van der Waals surface area (Å²) in [6.45, 7) is 4.41. The summed E-state index contributed by atoms with van der Waals surface area (Å²) < 4.78 is 43.3. The van der Waals surface area contributed by atoms with E-state index < -0.39 is 11.7 Å². The zero-order valence-electron chi connectivity index (χ0n) is 11.1. The molecule has 20 heavy (non-hydrogen) atoms. The maximum Gasteiger partial charge on any atom is 0.416 e. The molecule has 112 valence electrons. The van der Waals surface area contributed by atoms with Gasteiger partial charge in [-0.15, -0.1) is 0 Å². The van der Waals surface area contributed by atoms with Gasteiger partial charge in [-0.1, -0.05) is 0 Å². The number of hydrogen-bond donors (Lipinski definition) is 0. The zero-order chi connectivity index (χ0) is 15.3. The normalized spacial score (nSPS) is 11.3. The van der Waals surface area contributed by atoms with E-state index in [0.717, 1.165) is 12.1 Å². The van der Waals surface area contributed by atoms with E-state index >= 15 is 0 Å². The van der Waals surface area contributed by atoms with E-state index in [1.165, 1.54) is 6.07 Å². The van der Waals surface area contributed by atoms with Gasteiger partial charge in [0.1, 0.15) is 5.75 Å². The Hall–Kier alpha value is -1.24. The quantitative estimate of drug-likeness (QED) is 0.807. The molecule has 0 aromatic heterocycles. The number of carbonyl (C=O) groups excluding carboxylic acids is 1. The van der Waals surface area contributed by atoms with Crippen molar-refractivity contribution in [1.82, 2.24) is 4.90 Å². The molecule has 1 amide bonds. The summed E-state index contributed by atoms with van der Waals surface area (Å²) in [7, 11) is 0. The van der Waals surface area contributed by atoms with Gasteiger partial charge >= 0.3 is 6.18 Å². The van der Waals surface area contributed by atoms with Crippen molar-refractivity contribution in [3.8, 4) is 5.75 Å². The molecule has 0 saturated carbocycles. The molecule has 0 bridgehead atoms. The first-order valence-corrected chi connectivity index (χ1v) is 6.86. The molecule has 0 radical (unpaired) electrons. The summed E-state index contributed by atoms with van der Waals surface area (Å²) >= 11 is 3.10. The monoisotopic (exact) mass is 353 g/mol. The van der Waals surface area contributed by atoms with Crippen LogP contribution >= 0.6 is 15.9 Å². The second-order valence-electron chi connectivity index (χ2n) is 4.00. The summed E-state index contributed by atoms with van der Waals surface area (Å²) in [6, 6.07) is 3.07. The van der Waals surface area contributed by atoms with Crippen LogP contribution in [0.4, 0.5) is 13.2 Å². The maximum absolute atomic E-state index is 12.6. The number of amides is 1. The van der Waals surface area contributed by atoms with Gasteiger partial charge < -0.3 is 9.64 Å². The number of ether oxygens (including phenoxy) is 1. The molecular formula is C13H15BrF3NO2. The molecule has 0 N–H and O–H groups in total. The SMILES string of the molecule is CCN(CC)C(=O)COc1cc(C(F)(F)F)ccc1Br. The van der Waals surface area contributed by atoms with Crippen molar-refractivity contribution in [2.75, 3.05) is 19.7 Å². The Labute approximate surface area is 123 Å². The fourth-order valence-electron chi connectivity index (χ4n) is 1.60. The lowest BCUT2D eigenvalue weighted by Crippen LogP contribution is -2.34. The van der Waals surface area contributed by atoms with E-state index in [1.807, 2.05) is 13.8 Å². The minimum Gasteiger partial charge on any atom is -0.483 e. The number of likely N-dealkylation sites (N-methyl/N-ethyl adjacent to an activating group) is 1. The van der Waals surface area contributed by atoms with Crippen LogP contribution in [0.25, 0.3) is 0 Å². The first-order chi connectivity index (χ1) is 9.29. The zero-order valence-corrected chi connectivity index (χ0v) is 12.7. The molecule has 0 spiro atoms. The van der Waals surface area contributed by atoms with E-state index in [0.29, 0.717) is 17.6 Å². The average molecular weight is 354 g/mol. The lowest BCUT2D eigenvalue weighted by atomic mass is 10.2. The van der Waals surface area contributed by atoms with Gasteiger partial charge in [-0.3, -0.25) is 4.79 Å². The molecule has 0 saturated heterocycles. The minimum atomic E-state index is -4.44. The molecule has 0 aliphatic heterocycles. The number of carbonyl (C=O) groups is 1. The van der Waals surface area contributed by atoms with Crippen LogP contribution in [0, 0.1) is 0 Å². The smallest absolute Gasteiger partial charge is 0.416 e. The van der Waals surface area contributed by atoms with Crippen LogP contribution in [0.3, 0.4) is 0 Å². The summed E-state index contributed by atoms with van der Waals surface area (Å²) in [6.07, 6.45) is -4.44. The van der Waals surface area contributed by atoms with Gasteiger partial charge in [0.25, 0.3) is 5.91 Å². The molecule has 1 aromatic rings.